The molecule has 0 saturated heterocycles. The van der Waals surface area contributed by atoms with Crippen LogP contribution < -0.4 is 5.43 Å². The third kappa shape index (κ3) is 5.56. The third-order valence-corrected chi connectivity index (χ3v) is 4.28. The van der Waals surface area contributed by atoms with Crippen LogP contribution in [0.2, 0.25) is 0 Å². The topological polar surface area (TPSA) is 102 Å². The van der Waals surface area contributed by atoms with E-state index >= 15 is 0 Å². The summed E-state index contributed by atoms with van der Waals surface area (Å²) in [4.78, 5) is 35.2. The van der Waals surface area contributed by atoms with Crippen LogP contribution in [0.25, 0.3) is 0 Å². The molecule has 0 aliphatic carbocycles. The lowest BCUT2D eigenvalue weighted by atomic mass is 9.98. The molecule has 11 heteroatoms. The van der Waals surface area contributed by atoms with E-state index in [0.29, 0.717) is 25.9 Å². The van der Waals surface area contributed by atoms with Gasteiger partial charge in [-0.05, 0) is 13.3 Å². The van der Waals surface area contributed by atoms with Gasteiger partial charge in [-0.3, -0.25) is 14.9 Å². The van der Waals surface area contributed by atoms with Crippen molar-refractivity contribution >= 4 is 17.4 Å². The van der Waals surface area contributed by atoms with E-state index in [4.69, 9.17) is 4.74 Å². The highest BCUT2D eigenvalue weighted by Gasteiger charge is 2.37. The van der Waals surface area contributed by atoms with Crippen LogP contribution in [0.15, 0.2) is 11.8 Å². The highest BCUT2D eigenvalue weighted by Crippen LogP contribution is 2.32. The number of Topliss-reactive ketones (excluding diaryl/α,β-unsaturated/α-hetero) is 1. The van der Waals surface area contributed by atoms with E-state index in [1.165, 1.54) is 0 Å². The molecule has 8 nitrogen and oxygen atoms in total. The maximum absolute atomic E-state index is 14.6. The van der Waals surface area contributed by atoms with E-state index in [0.717, 1.165) is 13.1 Å². The molecule has 1 aromatic rings. The average molecular weight is 431 g/mol. The summed E-state index contributed by atoms with van der Waals surface area (Å²) < 4.78 is 47.6. The Labute approximate surface area is 171 Å². The van der Waals surface area contributed by atoms with E-state index in [2.05, 4.69) is 5.43 Å². The molecule has 1 N–H and O–H groups in total. The molecule has 0 aromatic heterocycles. The Hall–Kier alpha value is -2.95. The van der Waals surface area contributed by atoms with Crippen LogP contribution in [-0.2, 0) is 9.53 Å². The van der Waals surface area contributed by atoms with E-state index in [1.807, 2.05) is 6.92 Å². The van der Waals surface area contributed by atoms with Crippen LogP contribution in [0.5, 0.6) is 0 Å². The number of nitrogens with one attached hydrogen (secondary N) is 1. The number of carbonyl (C=O) groups excluding carboxylic acids is 2. The normalized spacial score (nSPS) is 11.5. The van der Waals surface area contributed by atoms with Crippen LogP contribution in [0.1, 0.15) is 49.5 Å². The molecule has 0 amide bonds. The Morgan fingerprint density at radius 3 is 2.23 bits per heavy atom. The summed E-state index contributed by atoms with van der Waals surface area (Å²) in [7, 11) is 0. The number of benzene rings is 1. The molecule has 30 heavy (non-hydrogen) atoms. The van der Waals surface area contributed by atoms with Gasteiger partial charge in [-0.25, -0.2) is 18.6 Å². The Kier molecular flexibility index (Phi) is 9.44. The Bertz CT molecular complexity index is 855. The maximum Gasteiger partial charge on any atom is 0.343 e. The standard InChI is InChI=1S/C19H24F3N3O5/c1-5-8-9-30-19(27)12(10-23-24(6-2)7-3)18(26)13-14(20)11(4)15(21)16(22)17(13)25(28)29/h10,23H,5-9H2,1-4H3. The molecular formula is C19H24F3N3O5. The minimum atomic E-state index is -1.99. The first-order chi connectivity index (χ1) is 14.1. The summed E-state index contributed by atoms with van der Waals surface area (Å²) in [5, 5.41) is 12.8. The first-order valence-electron chi connectivity index (χ1n) is 9.36. The molecular weight excluding hydrogens is 407 g/mol. The number of hydrogen-bond acceptors (Lipinski definition) is 7. The number of rotatable bonds is 11. The number of ether oxygens (including phenoxy) is 1. The fourth-order valence-corrected chi connectivity index (χ4v) is 2.45. The molecule has 0 unspecified atom stereocenters. The molecule has 0 aliphatic heterocycles. The zero-order chi connectivity index (χ0) is 23.0. The smallest absolute Gasteiger partial charge is 0.343 e. The van der Waals surface area contributed by atoms with Crippen LogP contribution in [0, 0.1) is 34.5 Å². The number of halogens is 3. The molecule has 0 radical (unpaired) electrons. The first-order valence-corrected chi connectivity index (χ1v) is 9.36. The quantitative estimate of drug-likeness (QED) is 0.0658. The molecule has 0 saturated carbocycles. The molecule has 0 aliphatic rings. The zero-order valence-electron chi connectivity index (χ0n) is 17.2. The first kappa shape index (κ1) is 25.1. The molecule has 0 atom stereocenters. The monoisotopic (exact) mass is 431 g/mol. The van der Waals surface area contributed by atoms with Crippen molar-refractivity contribution in [3.63, 3.8) is 0 Å². The number of esters is 1. The summed E-state index contributed by atoms with van der Waals surface area (Å²) in [6.45, 7) is 7.07. The number of ketones is 1. The highest BCUT2D eigenvalue weighted by atomic mass is 19.2. The molecule has 0 bridgehead atoms. The van der Waals surface area contributed by atoms with Gasteiger partial charge in [0.15, 0.2) is 5.82 Å². The van der Waals surface area contributed by atoms with Gasteiger partial charge in [0, 0.05) is 24.9 Å². The van der Waals surface area contributed by atoms with Crippen molar-refractivity contribution in [1.82, 2.24) is 10.4 Å². The summed E-state index contributed by atoms with van der Waals surface area (Å²) in [6, 6.07) is 0. The second kappa shape index (κ2) is 11.3. The Morgan fingerprint density at radius 1 is 1.13 bits per heavy atom. The number of hydrogen-bond donors (Lipinski definition) is 1. The summed E-state index contributed by atoms with van der Waals surface area (Å²) in [5.74, 6) is -8.07. The van der Waals surface area contributed by atoms with Crippen molar-refractivity contribution in [2.45, 2.75) is 40.5 Å². The van der Waals surface area contributed by atoms with Gasteiger partial charge >= 0.3 is 11.7 Å². The predicted octanol–water partition coefficient (Wildman–Crippen LogP) is 3.58. The lowest BCUT2D eigenvalue weighted by Gasteiger charge is -2.18. The van der Waals surface area contributed by atoms with Crippen LogP contribution in [0.4, 0.5) is 18.9 Å². The highest BCUT2D eigenvalue weighted by molar-refractivity contribution is 6.25. The number of hydrazine groups is 1. The minimum absolute atomic E-state index is 0.0490. The van der Waals surface area contributed by atoms with Crippen molar-refractivity contribution in [3.8, 4) is 0 Å². The van der Waals surface area contributed by atoms with Gasteiger partial charge < -0.3 is 10.2 Å². The Morgan fingerprint density at radius 2 is 1.73 bits per heavy atom. The lowest BCUT2D eigenvalue weighted by molar-refractivity contribution is -0.388. The van der Waals surface area contributed by atoms with Crippen molar-refractivity contribution < 1.29 is 32.4 Å². The van der Waals surface area contributed by atoms with Crippen LogP contribution >= 0.6 is 0 Å². The van der Waals surface area contributed by atoms with Crippen LogP contribution in [-0.4, -0.2) is 41.4 Å². The molecule has 0 heterocycles. The van der Waals surface area contributed by atoms with E-state index in [1.54, 1.807) is 18.9 Å². The molecule has 0 fully saturated rings. The third-order valence-electron chi connectivity index (χ3n) is 4.28. The Balaban J connectivity index is 3.58. The van der Waals surface area contributed by atoms with Gasteiger partial charge in [-0.1, -0.05) is 27.2 Å². The number of nitro groups is 1. The molecule has 0 spiro atoms. The maximum atomic E-state index is 14.6. The summed E-state index contributed by atoms with van der Waals surface area (Å²) >= 11 is 0. The fourth-order valence-electron chi connectivity index (χ4n) is 2.45. The van der Waals surface area contributed by atoms with Gasteiger partial charge in [0.25, 0.3) is 0 Å². The lowest BCUT2D eigenvalue weighted by Crippen LogP contribution is -2.35. The molecule has 1 rings (SSSR count). The van der Waals surface area contributed by atoms with Crippen molar-refractivity contribution in [2.24, 2.45) is 0 Å². The summed E-state index contributed by atoms with van der Waals surface area (Å²) in [5.41, 5.74) is -2.10. The van der Waals surface area contributed by atoms with Gasteiger partial charge in [-0.2, -0.15) is 4.39 Å². The van der Waals surface area contributed by atoms with Gasteiger partial charge in [0.2, 0.25) is 11.6 Å². The van der Waals surface area contributed by atoms with E-state index in [-0.39, 0.29) is 6.61 Å². The van der Waals surface area contributed by atoms with E-state index in [9.17, 15) is 32.9 Å². The average Bonchev–Trinajstić information content (AvgIpc) is 2.71. The van der Waals surface area contributed by atoms with E-state index < -0.39 is 56.5 Å². The predicted molar refractivity (Wildman–Crippen MR) is 102 cm³/mol. The van der Waals surface area contributed by atoms with Crippen molar-refractivity contribution in [2.75, 3.05) is 19.7 Å². The largest absolute Gasteiger partial charge is 0.462 e. The summed E-state index contributed by atoms with van der Waals surface area (Å²) in [6.07, 6.45) is 2.07. The number of unbranched alkanes of at least 4 members (excludes halogenated alkanes) is 1. The second-order valence-electron chi connectivity index (χ2n) is 6.23. The molecule has 1 aromatic carbocycles. The van der Waals surface area contributed by atoms with Gasteiger partial charge in [0.05, 0.1) is 11.5 Å². The van der Waals surface area contributed by atoms with Crippen LogP contribution in [0.3, 0.4) is 0 Å². The van der Waals surface area contributed by atoms with Gasteiger partial charge in [-0.15, -0.1) is 0 Å². The van der Waals surface area contributed by atoms with Crippen molar-refractivity contribution in [1.29, 1.82) is 0 Å². The minimum Gasteiger partial charge on any atom is -0.462 e. The number of nitro benzene ring substituents is 1. The number of nitrogens with zero attached hydrogens (tertiary/aromatic N) is 2. The second-order valence-corrected chi connectivity index (χ2v) is 6.23. The van der Waals surface area contributed by atoms with Crippen molar-refractivity contribution in [3.05, 3.63) is 50.5 Å². The molecule has 166 valence electrons. The SMILES string of the molecule is CCCCOC(=O)C(=CNN(CC)CC)C(=O)c1c(F)c(C)c(F)c(F)c1[N+](=O)[O-]. The zero-order valence-corrected chi connectivity index (χ0v) is 17.2. The van der Waals surface area contributed by atoms with Gasteiger partial charge in [0.1, 0.15) is 17.0 Å². The number of carbonyl (C=O) groups is 2. The fraction of sp³-hybridized carbons (Fsp3) is 0.474.